The SMILES string of the molecule is CC[C@@H](NC(O)N1C(=O)[C@H](Cc2ccnc(N)c2)[C@H]1C(=O)N(C)c1nccn1C)c1ccc(C)nc1C. The molecule has 1 unspecified atom stereocenters. The Balaban J connectivity index is 1.61. The van der Waals surface area contributed by atoms with Gasteiger partial charge < -0.3 is 15.4 Å². The second-order valence-corrected chi connectivity index (χ2v) is 9.45. The number of aliphatic hydroxyl groups excluding tert-OH is 1. The van der Waals surface area contributed by atoms with Crippen molar-refractivity contribution in [2.24, 2.45) is 13.0 Å². The third kappa shape index (κ3) is 5.18. The predicted octanol–water partition coefficient (Wildman–Crippen LogP) is 1.46. The first-order chi connectivity index (χ1) is 17.6. The minimum Gasteiger partial charge on any atom is -0.384 e. The number of nitrogens with zero attached hydrogens (tertiary/aromatic N) is 6. The lowest BCUT2D eigenvalue weighted by Gasteiger charge is -2.49. The summed E-state index contributed by atoms with van der Waals surface area (Å²) in [6.45, 7) is 5.82. The van der Waals surface area contributed by atoms with Gasteiger partial charge in [0.2, 0.25) is 11.9 Å². The number of aryl methyl sites for hydroxylation is 3. The number of likely N-dealkylation sites (N-methyl/N-ethyl adjacent to an activating group) is 1. The molecule has 1 saturated heterocycles. The minimum atomic E-state index is -1.37. The van der Waals surface area contributed by atoms with Gasteiger partial charge in [-0.3, -0.25) is 29.7 Å². The number of carbonyl (C=O) groups is 2. The fraction of sp³-hybridized carbons (Fsp3) is 0.423. The van der Waals surface area contributed by atoms with E-state index in [-0.39, 0.29) is 24.3 Å². The predicted molar refractivity (Wildman–Crippen MR) is 139 cm³/mol. The van der Waals surface area contributed by atoms with Crippen LogP contribution in [0, 0.1) is 19.8 Å². The number of rotatable bonds is 9. The van der Waals surface area contributed by atoms with E-state index in [1.54, 1.807) is 49.4 Å². The van der Waals surface area contributed by atoms with Gasteiger partial charge in [-0.2, -0.15) is 0 Å². The van der Waals surface area contributed by atoms with Crippen molar-refractivity contribution in [3.8, 4) is 0 Å². The molecule has 1 aliphatic heterocycles. The van der Waals surface area contributed by atoms with E-state index in [1.807, 2.05) is 32.9 Å². The van der Waals surface area contributed by atoms with Gasteiger partial charge in [-0.15, -0.1) is 0 Å². The summed E-state index contributed by atoms with van der Waals surface area (Å²) in [5.41, 5.74) is 9.29. The van der Waals surface area contributed by atoms with Crippen molar-refractivity contribution < 1.29 is 14.7 Å². The number of amides is 2. The van der Waals surface area contributed by atoms with Crippen molar-refractivity contribution >= 4 is 23.6 Å². The van der Waals surface area contributed by atoms with Crippen molar-refractivity contribution in [2.75, 3.05) is 17.7 Å². The summed E-state index contributed by atoms with van der Waals surface area (Å²) in [4.78, 5) is 42.5. The van der Waals surface area contributed by atoms with Crippen LogP contribution in [0.25, 0.3) is 0 Å². The molecule has 4 heterocycles. The topological polar surface area (TPSA) is 142 Å². The molecular formula is C26H34N8O3. The van der Waals surface area contributed by atoms with Crippen LogP contribution >= 0.6 is 0 Å². The number of nitrogen functional groups attached to an aromatic ring is 1. The number of β-lactam (4-membered cyclic amide) rings is 1. The third-order valence-corrected chi connectivity index (χ3v) is 6.90. The number of hydrogen-bond donors (Lipinski definition) is 3. The van der Waals surface area contributed by atoms with Crippen molar-refractivity contribution in [1.29, 1.82) is 0 Å². The fourth-order valence-electron chi connectivity index (χ4n) is 4.94. The Morgan fingerprint density at radius 1 is 1.24 bits per heavy atom. The first-order valence-electron chi connectivity index (χ1n) is 12.3. The number of carbonyl (C=O) groups excluding carboxylic acids is 2. The van der Waals surface area contributed by atoms with E-state index in [4.69, 9.17) is 5.73 Å². The Labute approximate surface area is 216 Å². The van der Waals surface area contributed by atoms with E-state index in [0.717, 1.165) is 22.5 Å². The summed E-state index contributed by atoms with van der Waals surface area (Å²) in [6.07, 6.45) is 4.47. The van der Waals surface area contributed by atoms with Gasteiger partial charge in [0.15, 0.2) is 6.35 Å². The van der Waals surface area contributed by atoms with E-state index in [0.29, 0.717) is 18.2 Å². The average molecular weight is 507 g/mol. The first kappa shape index (κ1) is 26.2. The molecule has 0 aliphatic carbocycles. The highest BCUT2D eigenvalue weighted by atomic mass is 16.3. The van der Waals surface area contributed by atoms with Crippen molar-refractivity contribution in [3.63, 3.8) is 0 Å². The van der Waals surface area contributed by atoms with Crippen LogP contribution in [0.2, 0.25) is 0 Å². The summed E-state index contributed by atoms with van der Waals surface area (Å²) in [6, 6.07) is 6.18. The number of likely N-dealkylation sites (tertiary alicyclic amines) is 1. The third-order valence-electron chi connectivity index (χ3n) is 6.90. The summed E-state index contributed by atoms with van der Waals surface area (Å²) in [5.74, 6) is -0.565. The molecule has 11 heteroatoms. The molecule has 3 aromatic rings. The van der Waals surface area contributed by atoms with Gasteiger partial charge in [-0.1, -0.05) is 13.0 Å². The smallest absolute Gasteiger partial charge is 0.252 e. The second-order valence-electron chi connectivity index (χ2n) is 9.45. The molecule has 0 radical (unpaired) electrons. The lowest BCUT2D eigenvalue weighted by molar-refractivity contribution is -0.183. The van der Waals surface area contributed by atoms with Crippen LogP contribution in [0.5, 0.6) is 0 Å². The molecule has 1 aliphatic rings. The van der Waals surface area contributed by atoms with Crippen LogP contribution in [-0.4, -0.2) is 60.8 Å². The summed E-state index contributed by atoms with van der Waals surface area (Å²) in [7, 11) is 3.40. The number of nitrogens with two attached hydrogens (primary N) is 1. The summed E-state index contributed by atoms with van der Waals surface area (Å²) in [5, 5.41) is 14.4. The van der Waals surface area contributed by atoms with Gasteiger partial charge in [-0.05, 0) is 56.0 Å². The fourth-order valence-corrected chi connectivity index (χ4v) is 4.94. The van der Waals surface area contributed by atoms with Gasteiger partial charge in [0.1, 0.15) is 11.9 Å². The molecule has 3 aromatic heterocycles. The zero-order chi connectivity index (χ0) is 26.9. The maximum Gasteiger partial charge on any atom is 0.252 e. The van der Waals surface area contributed by atoms with Crippen molar-refractivity contribution in [3.05, 3.63) is 65.4 Å². The van der Waals surface area contributed by atoms with E-state index in [2.05, 4.69) is 20.3 Å². The lowest BCUT2D eigenvalue weighted by Crippen LogP contribution is -2.72. The molecule has 11 nitrogen and oxygen atoms in total. The normalized spacial score (nSPS) is 18.9. The van der Waals surface area contributed by atoms with Crippen molar-refractivity contribution in [1.82, 2.24) is 29.7 Å². The van der Waals surface area contributed by atoms with Crippen LogP contribution in [0.15, 0.2) is 42.9 Å². The molecule has 1 fully saturated rings. The van der Waals surface area contributed by atoms with Gasteiger partial charge in [0.25, 0.3) is 5.91 Å². The first-order valence-corrected chi connectivity index (χ1v) is 12.3. The van der Waals surface area contributed by atoms with Gasteiger partial charge in [-0.25, -0.2) is 9.97 Å². The number of pyridine rings is 2. The number of nitrogens with one attached hydrogen (secondary N) is 1. The van der Waals surface area contributed by atoms with E-state index in [9.17, 15) is 14.7 Å². The highest BCUT2D eigenvalue weighted by Gasteiger charge is 2.55. The Kier molecular flexibility index (Phi) is 7.55. The summed E-state index contributed by atoms with van der Waals surface area (Å²) >= 11 is 0. The monoisotopic (exact) mass is 506 g/mol. The minimum absolute atomic E-state index is 0.266. The molecule has 0 bridgehead atoms. The molecule has 4 atom stereocenters. The Bertz CT molecular complexity index is 1290. The van der Waals surface area contributed by atoms with E-state index >= 15 is 0 Å². The Hall–Kier alpha value is -3.83. The molecule has 2 amide bonds. The standard InChI is InChI=1S/C26H34N8O3/c1-6-20(18-8-7-15(2)30-16(18)3)31-26(37)34-22(24(36)33(5)25-29-11-12-32(25)4)19(23(34)35)13-17-9-10-28-21(27)14-17/h7-12,14,19-20,22,26,31,37H,6,13H2,1-5H3,(H2,27,28)/t19-,20-,22+,26?/m1/s1. The number of aliphatic hydroxyl groups is 1. The summed E-state index contributed by atoms with van der Waals surface area (Å²) < 4.78 is 1.72. The number of hydrogen-bond acceptors (Lipinski definition) is 8. The number of imidazole rings is 1. The maximum absolute atomic E-state index is 13.7. The maximum atomic E-state index is 13.7. The van der Waals surface area contributed by atoms with E-state index in [1.165, 1.54) is 9.80 Å². The van der Waals surface area contributed by atoms with Crippen LogP contribution in [0.4, 0.5) is 11.8 Å². The van der Waals surface area contributed by atoms with Gasteiger partial charge in [0.05, 0.1) is 5.92 Å². The molecule has 37 heavy (non-hydrogen) atoms. The van der Waals surface area contributed by atoms with Gasteiger partial charge in [0, 0.05) is 50.1 Å². The van der Waals surface area contributed by atoms with E-state index < -0.39 is 18.3 Å². The highest BCUT2D eigenvalue weighted by molar-refractivity contribution is 6.05. The Morgan fingerprint density at radius 2 is 2.00 bits per heavy atom. The zero-order valence-corrected chi connectivity index (χ0v) is 21.8. The van der Waals surface area contributed by atoms with Crippen LogP contribution in [0.3, 0.4) is 0 Å². The molecule has 4 rings (SSSR count). The molecule has 0 spiro atoms. The Morgan fingerprint density at radius 3 is 2.62 bits per heavy atom. The highest BCUT2D eigenvalue weighted by Crippen LogP contribution is 2.34. The van der Waals surface area contributed by atoms with Crippen LogP contribution in [-0.2, 0) is 23.1 Å². The number of anilines is 2. The lowest BCUT2D eigenvalue weighted by atomic mass is 9.81. The molecule has 4 N–H and O–H groups in total. The molecule has 0 aromatic carbocycles. The van der Waals surface area contributed by atoms with Crippen molar-refractivity contribution in [2.45, 2.75) is 52.0 Å². The average Bonchev–Trinajstić information content (AvgIpc) is 3.29. The zero-order valence-electron chi connectivity index (χ0n) is 21.8. The van der Waals surface area contributed by atoms with Crippen LogP contribution in [0.1, 0.15) is 41.9 Å². The molecule has 0 saturated carbocycles. The molecular weight excluding hydrogens is 472 g/mol. The number of aromatic nitrogens is 4. The van der Waals surface area contributed by atoms with Crippen LogP contribution < -0.4 is 16.0 Å². The quantitative estimate of drug-likeness (QED) is 0.292. The largest absolute Gasteiger partial charge is 0.384 e. The second kappa shape index (κ2) is 10.7. The van der Waals surface area contributed by atoms with Gasteiger partial charge >= 0.3 is 0 Å². The molecule has 196 valence electrons.